The van der Waals surface area contributed by atoms with Crippen molar-refractivity contribution in [3.8, 4) is 0 Å². The smallest absolute Gasteiger partial charge is 0.302 e. The quantitative estimate of drug-likeness (QED) is 0.630. The first kappa shape index (κ1) is 13.3. The second-order valence-electron chi connectivity index (χ2n) is 2.95. The van der Waals surface area contributed by atoms with E-state index in [-0.39, 0.29) is 22.2 Å². The SMILES string of the molecule is CC(=O)OCc1ccc(Cl)c(C(=O)Cl)c1Cl. The number of hydrogen-bond acceptors (Lipinski definition) is 3. The van der Waals surface area contributed by atoms with Gasteiger partial charge in [0.05, 0.1) is 15.6 Å². The Bertz CT molecular complexity index is 443. The number of carbonyl (C=O) groups excluding carboxylic acids is 2. The Kier molecular flexibility index (Phi) is 4.59. The summed E-state index contributed by atoms with van der Waals surface area (Å²) in [6.07, 6.45) is 0. The molecule has 0 aliphatic rings. The van der Waals surface area contributed by atoms with Gasteiger partial charge in [-0.2, -0.15) is 0 Å². The Labute approximate surface area is 107 Å². The summed E-state index contributed by atoms with van der Waals surface area (Å²) >= 11 is 17.0. The van der Waals surface area contributed by atoms with E-state index in [0.717, 1.165) is 0 Å². The predicted molar refractivity (Wildman–Crippen MR) is 62.1 cm³/mol. The Morgan fingerprint density at radius 3 is 2.44 bits per heavy atom. The van der Waals surface area contributed by atoms with Crippen molar-refractivity contribution in [2.24, 2.45) is 0 Å². The average molecular weight is 282 g/mol. The van der Waals surface area contributed by atoms with Crippen molar-refractivity contribution in [1.29, 1.82) is 0 Å². The van der Waals surface area contributed by atoms with Gasteiger partial charge in [0, 0.05) is 12.5 Å². The van der Waals surface area contributed by atoms with Crippen molar-refractivity contribution in [3.05, 3.63) is 33.3 Å². The number of halogens is 3. The largest absolute Gasteiger partial charge is 0.461 e. The summed E-state index contributed by atoms with van der Waals surface area (Å²) in [4.78, 5) is 21.7. The minimum atomic E-state index is -0.750. The molecule has 16 heavy (non-hydrogen) atoms. The molecule has 0 heterocycles. The molecule has 0 N–H and O–H groups in total. The van der Waals surface area contributed by atoms with Crippen molar-refractivity contribution in [1.82, 2.24) is 0 Å². The van der Waals surface area contributed by atoms with Gasteiger partial charge in [0.25, 0.3) is 5.24 Å². The number of carbonyl (C=O) groups is 2. The average Bonchev–Trinajstić information content (AvgIpc) is 2.15. The molecule has 86 valence electrons. The number of benzene rings is 1. The molecule has 1 aromatic rings. The van der Waals surface area contributed by atoms with Gasteiger partial charge in [-0.3, -0.25) is 9.59 Å². The van der Waals surface area contributed by atoms with Crippen LogP contribution in [-0.2, 0) is 16.1 Å². The summed E-state index contributed by atoms with van der Waals surface area (Å²) in [6, 6.07) is 3.04. The molecule has 0 saturated carbocycles. The van der Waals surface area contributed by atoms with Crippen molar-refractivity contribution < 1.29 is 14.3 Å². The molecule has 1 rings (SSSR count). The summed E-state index contributed by atoms with van der Waals surface area (Å²) in [5.41, 5.74) is 0.500. The number of esters is 1. The van der Waals surface area contributed by atoms with Crippen LogP contribution in [0.3, 0.4) is 0 Å². The van der Waals surface area contributed by atoms with Crippen LogP contribution in [0, 0.1) is 0 Å². The zero-order valence-corrected chi connectivity index (χ0v) is 10.5. The van der Waals surface area contributed by atoms with E-state index in [0.29, 0.717) is 5.56 Å². The molecule has 0 saturated heterocycles. The summed E-state index contributed by atoms with van der Waals surface area (Å²) in [7, 11) is 0. The highest BCUT2D eigenvalue weighted by molar-refractivity contribution is 6.70. The van der Waals surface area contributed by atoms with Gasteiger partial charge in [-0.05, 0) is 17.7 Å². The molecular formula is C10H7Cl3O3. The number of ether oxygens (including phenoxy) is 1. The Morgan fingerprint density at radius 1 is 1.31 bits per heavy atom. The van der Waals surface area contributed by atoms with Crippen LogP contribution in [0.15, 0.2) is 12.1 Å². The molecule has 3 nitrogen and oxygen atoms in total. The van der Waals surface area contributed by atoms with Crippen molar-refractivity contribution in [2.45, 2.75) is 13.5 Å². The summed E-state index contributed by atoms with van der Waals surface area (Å²) < 4.78 is 4.76. The van der Waals surface area contributed by atoms with Gasteiger partial charge in [-0.25, -0.2) is 0 Å². The van der Waals surface area contributed by atoms with E-state index in [1.165, 1.54) is 13.0 Å². The first-order valence-electron chi connectivity index (χ1n) is 4.23. The third kappa shape index (κ3) is 3.11. The lowest BCUT2D eigenvalue weighted by Crippen LogP contribution is -2.02. The molecular weight excluding hydrogens is 274 g/mol. The van der Waals surface area contributed by atoms with E-state index in [2.05, 4.69) is 0 Å². The normalized spacial score (nSPS) is 10.0. The maximum absolute atomic E-state index is 11.1. The van der Waals surface area contributed by atoms with Crippen molar-refractivity contribution >= 4 is 46.0 Å². The van der Waals surface area contributed by atoms with E-state index < -0.39 is 11.2 Å². The zero-order chi connectivity index (χ0) is 12.3. The second-order valence-corrected chi connectivity index (χ2v) is 4.08. The number of rotatable bonds is 3. The van der Waals surface area contributed by atoms with Gasteiger partial charge in [0.2, 0.25) is 0 Å². The van der Waals surface area contributed by atoms with E-state index >= 15 is 0 Å². The maximum Gasteiger partial charge on any atom is 0.302 e. The maximum atomic E-state index is 11.1. The lowest BCUT2D eigenvalue weighted by atomic mass is 10.1. The predicted octanol–water partition coefficient (Wildman–Crippen LogP) is 3.44. The van der Waals surface area contributed by atoms with Crippen molar-refractivity contribution in [2.75, 3.05) is 0 Å². The van der Waals surface area contributed by atoms with Gasteiger partial charge in [-0.15, -0.1) is 0 Å². The topological polar surface area (TPSA) is 43.4 Å². The van der Waals surface area contributed by atoms with Crippen LogP contribution in [0.1, 0.15) is 22.8 Å². The zero-order valence-electron chi connectivity index (χ0n) is 8.22. The molecule has 0 aliphatic carbocycles. The van der Waals surface area contributed by atoms with Crippen LogP contribution in [0.2, 0.25) is 10.0 Å². The third-order valence-corrected chi connectivity index (χ3v) is 2.73. The highest BCUT2D eigenvalue weighted by Gasteiger charge is 2.16. The van der Waals surface area contributed by atoms with E-state index in [1.807, 2.05) is 0 Å². The molecule has 0 bridgehead atoms. The molecule has 0 aromatic heterocycles. The molecule has 6 heteroatoms. The number of hydrogen-bond donors (Lipinski definition) is 0. The molecule has 0 amide bonds. The summed E-state index contributed by atoms with van der Waals surface area (Å²) in [5.74, 6) is -0.440. The molecule has 1 aromatic carbocycles. The van der Waals surface area contributed by atoms with Crippen LogP contribution in [0.4, 0.5) is 0 Å². The van der Waals surface area contributed by atoms with Crippen LogP contribution < -0.4 is 0 Å². The third-order valence-electron chi connectivity index (χ3n) is 1.80. The Balaban J connectivity index is 3.08. The van der Waals surface area contributed by atoms with E-state index in [4.69, 9.17) is 39.5 Å². The molecule has 0 fully saturated rings. The van der Waals surface area contributed by atoms with E-state index in [9.17, 15) is 9.59 Å². The minimum Gasteiger partial charge on any atom is -0.461 e. The minimum absolute atomic E-state index is 0.0228. The summed E-state index contributed by atoms with van der Waals surface area (Å²) in [5, 5.41) is -0.481. The first-order valence-corrected chi connectivity index (χ1v) is 5.37. The molecule has 0 aliphatic heterocycles. The second kappa shape index (κ2) is 5.53. The Morgan fingerprint density at radius 2 is 1.94 bits per heavy atom. The highest BCUT2D eigenvalue weighted by Crippen LogP contribution is 2.29. The van der Waals surface area contributed by atoms with Gasteiger partial charge < -0.3 is 4.74 Å². The lowest BCUT2D eigenvalue weighted by molar-refractivity contribution is -0.142. The van der Waals surface area contributed by atoms with Gasteiger partial charge in [-0.1, -0.05) is 29.3 Å². The van der Waals surface area contributed by atoms with Gasteiger partial charge >= 0.3 is 5.97 Å². The van der Waals surface area contributed by atoms with Crippen LogP contribution in [-0.4, -0.2) is 11.2 Å². The monoisotopic (exact) mass is 280 g/mol. The molecule has 0 unspecified atom stereocenters. The van der Waals surface area contributed by atoms with Crippen LogP contribution >= 0.6 is 34.8 Å². The van der Waals surface area contributed by atoms with Gasteiger partial charge in [0.1, 0.15) is 6.61 Å². The van der Waals surface area contributed by atoms with Crippen molar-refractivity contribution in [3.63, 3.8) is 0 Å². The fraction of sp³-hybridized carbons (Fsp3) is 0.200. The molecule has 0 atom stereocenters. The Hall–Kier alpha value is -0.770. The fourth-order valence-corrected chi connectivity index (χ4v) is 1.96. The van der Waals surface area contributed by atoms with E-state index in [1.54, 1.807) is 6.07 Å². The summed E-state index contributed by atoms with van der Waals surface area (Å²) in [6.45, 7) is 1.25. The van der Waals surface area contributed by atoms with Crippen LogP contribution in [0.25, 0.3) is 0 Å². The highest BCUT2D eigenvalue weighted by atomic mass is 35.5. The van der Waals surface area contributed by atoms with Crippen LogP contribution in [0.5, 0.6) is 0 Å². The fourth-order valence-electron chi connectivity index (χ4n) is 1.07. The van der Waals surface area contributed by atoms with Gasteiger partial charge in [0.15, 0.2) is 0 Å². The molecule has 0 spiro atoms. The molecule has 0 radical (unpaired) electrons. The lowest BCUT2D eigenvalue weighted by Gasteiger charge is -2.08. The standard InChI is InChI=1S/C10H7Cl3O3/c1-5(14)16-4-6-2-3-7(11)8(9(6)12)10(13)15/h2-3H,4H2,1H3. The first-order chi connectivity index (χ1) is 7.43.